The molecule has 1 aromatic heterocycles. The SMILES string of the molecule is C[C@]12CC[C@@H](c3cc(Oc4ccccc4)ccc3C(=O)O)C[C@@H]1CC[C@@H]1[C@@H]2CC[C@]2(C)C(c3cccnc3)=CC[C@@H]12. The quantitative estimate of drug-likeness (QED) is 0.346. The molecular weight excluding hydrogens is 506 g/mol. The summed E-state index contributed by atoms with van der Waals surface area (Å²) in [5, 5.41) is 10.1. The zero-order valence-corrected chi connectivity index (χ0v) is 24.3. The fourth-order valence-corrected chi connectivity index (χ4v) is 9.84. The molecule has 0 radical (unpaired) electrons. The molecule has 3 saturated carbocycles. The molecule has 0 saturated heterocycles. The Kier molecular flexibility index (Phi) is 6.56. The van der Waals surface area contributed by atoms with Gasteiger partial charge in [-0.15, -0.1) is 0 Å². The summed E-state index contributed by atoms with van der Waals surface area (Å²) in [6.45, 7) is 5.12. The van der Waals surface area contributed by atoms with Crippen molar-refractivity contribution in [1.29, 1.82) is 0 Å². The zero-order chi connectivity index (χ0) is 28.2. The summed E-state index contributed by atoms with van der Waals surface area (Å²) in [4.78, 5) is 16.7. The van der Waals surface area contributed by atoms with Crippen LogP contribution in [0, 0.1) is 34.5 Å². The van der Waals surface area contributed by atoms with Gasteiger partial charge in [0.1, 0.15) is 11.5 Å². The van der Waals surface area contributed by atoms with E-state index in [2.05, 4.69) is 43.2 Å². The summed E-state index contributed by atoms with van der Waals surface area (Å²) in [5.41, 5.74) is 4.81. The standard InChI is InChI=1S/C37H41NO3/c1-36-18-16-24(31-22-28(11-13-29(31)35(39)40)41-27-8-4-3-5-9-27)21-26(36)10-12-30-33-15-14-32(25-7-6-20-38-23-25)37(33,2)19-17-34(30)36/h3-9,11,13-14,20,22-24,26,30,33-34H,10,12,15-19,21H2,1-2H3,(H,39,40)/t24-,26+,30+,33+,34+,36+,37-/m1/s1. The van der Waals surface area contributed by atoms with Gasteiger partial charge in [0.2, 0.25) is 0 Å². The first-order valence-corrected chi connectivity index (χ1v) is 15.6. The second kappa shape index (κ2) is 10.2. The van der Waals surface area contributed by atoms with E-state index in [1.807, 2.05) is 42.6 Å². The number of rotatable bonds is 5. The van der Waals surface area contributed by atoms with Crippen LogP contribution in [0.5, 0.6) is 11.5 Å². The Balaban J connectivity index is 1.12. The van der Waals surface area contributed by atoms with E-state index in [0.717, 1.165) is 47.7 Å². The van der Waals surface area contributed by atoms with Crippen LogP contribution in [0.4, 0.5) is 0 Å². The molecule has 41 heavy (non-hydrogen) atoms. The molecule has 4 aliphatic carbocycles. The van der Waals surface area contributed by atoms with Crippen molar-refractivity contribution in [1.82, 2.24) is 4.98 Å². The van der Waals surface area contributed by atoms with Gasteiger partial charge in [-0.1, -0.05) is 44.2 Å². The Morgan fingerprint density at radius 1 is 0.927 bits per heavy atom. The number of hydrogen-bond donors (Lipinski definition) is 1. The molecule has 7 atom stereocenters. The van der Waals surface area contributed by atoms with Gasteiger partial charge >= 0.3 is 5.97 Å². The van der Waals surface area contributed by atoms with Crippen LogP contribution >= 0.6 is 0 Å². The minimum atomic E-state index is -0.840. The van der Waals surface area contributed by atoms with Crippen LogP contribution in [0.3, 0.4) is 0 Å². The number of aromatic nitrogens is 1. The summed E-state index contributed by atoms with van der Waals surface area (Å²) in [6.07, 6.45) is 16.1. The lowest BCUT2D eigenvalue weighted by Crippen LogP contribution is -2.52. The summed E-state index contributed by atoms with van der Waals surface area (Å²) in [7, 11) is 0. The Hall–Kier alpha value is -3.40. The third-order valence-corrected chi connectivity index (χ3v) is 11.9. The lowest BCUT2D eigenvalue weighted by atomic mass is 9.44. The molecule has 0 bridgehead atoms. The van der Waals surface area contributed by atoms with E-state index in [4.69, 9.17) is 4.74 Å². The predicted molar refractivity (Wildman–Crippen MR) is 162 cm³/mol. The number of allylic oxidation sites excluding steroid dienone is 2. The number of aromatic carboxylic acids is 1. The van der Waals surface area contributed by atoms with Crippen molar-refractivity contribution in [2.45, 2.75) is 71.1 Å². The first kappa shape index (κ1) is 26.5. The highest BCUT2D eigenvalue weighted by Gasteiger charge is 2.58. The lowest BCUT2D eigenvalue weighted by molar-refractivity contribution is -0.0987. The summed E-state index contributed by atoms with van der Waals surface area (Å²) >= 11 is 0. The van der Waals surface area contributed by atoms with Crippen LogP contribution in [-0.4, -0.2) is 16.1 Å². The molecule has 7 rings (SSSR count). The minimum absolute atomic E-state index is 0.250. The van der Waals surface area contributed by atoms with Gasteiger partial charge in [0.05, 0.1) is 5.56 Å². The number of ether oxygens (including phenoxy) is 1. The number of carboxylic acid groups (broad SMARTS) is 1. The highest BCUT2D eigenvalue weighted by atomic mass is 16.5. The van der Waals surface area contributed by atoms with Crippen molar-refractivity contribution in [3.63, 3.8) is 0 Å². The molecule has 0 spiro atoms. The van der Waals surface area contributed by atoms with E-state index in [1.54, 1.807) is 12.1 Å². The van der Waals surface area contributed by atoms with E-state index in [0.29, 0.717) is 16.9 Å². The highest BCUT2D eigenvalue weighted by molar-refractivity contribution is 5.90. The number of benzene rings is 2. The number of pyridine rings is 1. The maximum absolute atomic E-state index is 12.3. The smallest absolute Gasteiger partial charge is 0.335 e. The third kappa shape index (κ3) is 4.42. The van der Waals surface area contributed by atoms with E-state index in [-0.39, 0.29) is 11.3 Å². The van der Waals surface area contributed by atoms with Gasteiger partial charge in [0.25, 0.3) is 0 Å². The molecular formula is C37H41NO3. The molecule has 0 amide bonds. The lowest BCUT2D eigenvalue weighted by Gasteiger charge is -2.61. The van der Waals surface area contributed by atoms with Gasteiger partial charge in [-0.25, -0.2) is 4.79 Å². The molecule has 0 unspecified atom stereocenters. The summed E-state index contributed by atoms with van der Waals surface area (Å²) < 4.78 is 6.13. The van der Waals surface area contributed by atoms with Gasteiger partial charge < -0.3 is 9.84 Å². The molecule has 4 nitrogen and oxygen atoms in total. The Morgan fingerprint density at radius 3 is 2.56 bits per heavy atom. The van der Waals surface area contributed by atoms with Gasteiger partial charge in [-0.2, -0.15) is 0 Å². The van der Waals surface area contributed by atoms with Gasteiger partial charge in [0.15, 0.2) is 0 Å². The second-order valence-corrected chi connectivity index (χ2v) is 13.6. The molecule has 212 valence electrons. The van der Waals surface area contributed by atoms with E-state index in [1.165, 1.54) is 49.7 Å². The molecule has 4 aliphatic rings. The van der Waals surface area contributed by atoms with E-state index < -0.39 is 5.97 Å². The van der Waals surface area contributed by atoms with Crippen molar-refractivity contribution in [2.75, 3.05) is 0 Å². The molecule has 3 fully saturated rings. The number of hydrogen-bond acceptors (Lipinski definition) is 3. The van der Waals surface area contributed by atoms with Crippen molar-refractivity contribution in [2.24, 2.45) is 34.5 Å². The van der Waals surface area contributed by atoms with Crippen molar-refractivity contribution >= 4 is 11.5 Å². The molecule has 0 aliphatic heterocycles. The van der Waals surface area contributed by atoms with Crippen LogP contribution in [0.15, 0.2) is 79.1 Å². The Labute approximate surface area is 243 Å². The Bertz CT molecular complexity index is 1470. The van der Waals surface area contributed by atoms with Crippen molar-refractivity contribution < 1.29 is 14.6 Å². The summed E-state index contributed by atoms with van der Waals surface area (Å²) in [5.74, 6) is 3.80. The maximum atomic E-state index is 12.3. The average molecular weight is 548 g/mol. The zero-order valence-electron chi connectivity index (χ0n) is 24.3. The molecule has 4 heteroatoms. The van der Waals surface area contributed by atoms with E-state index in [9.17, 15) is 9.90 Å². The van der Waals surface area contributed by atoms with Gasteiger partial charge in [-0.3, -0.25) is 4.98 Å². The third-order valence-electron chi connectivity index (χ3n) is 11.9. The average Bonchev–Trinajstić information content (AvgIpc) is 3.35. The Morgan fingerprint density at radius 2 is 1.78 bits per heavy atom. The van der Waals surface area contributed by atoms with Crippen LogP contribution in [0.25, 0.3) is 5.57 Å². The number of nitrogens with zero attached hydrogens (tertiary/aromatic N) is 1. The van der Waals surface area contributed by atoms with E-state index >= 15 is 0 Å². The second-order valence-electron chi connectivity index (χ2n) is 13.6. The molecule has 3 aromatic rings. The first-order valence-electron chi connectivity index (χ1n) is 15.6. The monoisotopic (exact) mass is 547 g/mol. The molecule has 1 heterocycles. The van der Waals surface area contributed by atoms with Crippen LogP contribution in [-0.2, 0) is 0 Å². The maximum Gasteiger partial charge on any atom is 0.335 e. The van der Waals surface area contributed by atoms with Crippen LogP contribution < -0.4 is 4.74 Å². The normalized spacial score (nSPS) is 34.1. The topological polar surface area (TPSA) is 59.4 Å². The van der Waals surface area contributed by atoms with Crippen molar-refractivity contribution in [3.05, 3.63) is 95.8 Å². The minimum Gasteiger partial charge on any atom is -0.478 e. The largest absolute Gasteiger partial charge is 0.478 e. The molecule has 2 aromatic carbocycles. The fourth-order valence-electron chi connectivity index (χ4n) is 9.84. The fraction of sp³-hybridized carbons (Fsp3) is 0.459. The van der Waals surface area contributed by atoms with Gasteiger partial charge in [0, 0.05) is 12.4 Å². The van der Waals surface area contributed by atoms with Gasteiger partial charge in [-0.05, 0) is 145 Å². The predicted octanol–water partition coefficient (Wildman–Crippen LogP) is 9.39. The molecule has 1 N–H and O–H groups in total. The van der Waals surface area contributed by atoms with Crippen LogP contribution in [0.2, 0.25) is 0 Å². The summed E-state index contributed by atoms with van der Waals surface area (Å²) in [6, 6.07) is 19.6. The number of carbonyl (C=O) groups is 1. The number of para-hydroxylation sites is 1. The van der Waals surface area contributed by atoms with Crippen molar-refractivity contribution in [3.8, 4) is 11.5 Å². The number of fused-ring (bicyclic) bond motifs is 5. The van der Waals surface area contributed by atoms with Crippen LogP contribution in [0.1, 0.15) is 92.6 Å². The number of carboxylic acids is 1. The first-order chi connectivity index (χ1) is 19.9. The highest BCUT2D eigenvalue weighted by Crippen LogP contribution is 2.68.